The van der Waals surface area contributed by atoms with E-state index in [1.54, 1.807) is 12.1 Å². The van der Waals surface area contributed by atoms with Crippen LogP contribution in [0.15, 0.2) is 18.2 Å². The van der Waals surface area contributed by atoms with Crippen LogP contribution in [0, 0.1) is 6.92 Å². The summed E-state index contributed by atoms with van der Waals surface area (Å²) in [7, 11) is 1.51. The molecular formula is C15H17ClN2O3. The van der Waals surface area contributed by atoms with Crippen LogP contribution in [0.1, 0.15) is 28.7 Å². The predicted octanol–water partition coefficient (Wildman–Crippen LogP) is 3.26. The number of nitrogens with zero attached hydrogens (tertiary/aromatic N) is 2. The van der Waals surface area contributed by atoms with Crippen molar-refractivity contribution < 1.29 is 14.3 Å². The Hall–Kier alpha value is -2.01. The van der Waals surface area contributed by atoms with E-state index in [9.17, 15) is 4.79 Å². The number of ether oxygens (including phenoxy) is 2. The van der Waals surface area contributed by atoms with Crippen molar-refractivity contribution in [3.05, 3.63) is 40.2 Å². The molecule has 1 heterocycles. The maximum Gasteiger partial charge on any atom is 0.172 e. The number of hydrogen-bond acceptors (Lipinski definition) is 4. The summed E-state index contributed by atoms with van der Waals surface area (Å²) in [5, 5.41) is 4.78. The van der Waals surface area contributed by atoms with Crippen molar-refractivity contribution in [2.75, 3.05) is 7.11 Å². The predicted molar refractivity (Wildman–Crippen MR) is 80.4 cm³/mol. The van der Waals surface area contributed by atoms with Crippen LogP contribution in [0.4, 0.5) is 0 Å². The van der Waals surface area contributed by atoms with Crippen molar-refractivity contribution >= 4 is 17.9 Å². The van der Waals surface area contributed by atoms with Gasteiger partial charge in [0.1, 0.15) is 6.61 Å². The molecule has 2 aromatic rings. The third kappa shape index (κ3) is 3.36. The third-order valence-corrected chi connectivity index (χ3v) is 3.26. The number of aromatic nitrogens is 2. The maximum absolute atomic E-state index is 11.2. The Balaban J connectivity index is 2.28. The van der Waals surface area contributed by atoms with Gasteiger partial charge in [-0.1, -0.05) is 11.6 Å². The minimum absolute atomic E-state index is 0.299. The summed E-state index contributed by atoms with van der Waals surface area (Å²) in [5.41, 5.74) is 2.22. The van der Waals surface area contributed by atoms with Crippen LogP contribution in [0.5, 0.6) is 11.5 Å². The molecule has 0 aliphatic carbocycles. The number of halogens is 1. The van der Waals surface area contributed by atoms with Crippen molar-refractivity contribution in [2.45, 2.75) is 27.0 Å². The van der Waals surface area contributed by atoms with Crippen molar-refractivity contribution in [1.82, 2.24) is 9.78 Å². The van der Waals surface area contributed by atoms with E-state index in [1.807, 2.05) is 24.6 Å². The second kappa shape index (κ2) is 6.63. The molecule has 0 N–H and O–H groups in total. The van der Waals surface area contributed by atoms with Gasteiger partial charge in [0.05, 0.1) is 24.1 Å². The van der Waals surface area contributed by atoms with E-state index < -0.39 is 0 Å². The summed E-state index contributed by atoms with van der Waals surface area (Å²) in [6, 6.07) is 5.12. The molecule has 21 heavy (non-hydrogen) atoms. The Morgan fingerprint density at radius 1 is 1.38 bits per heavy atom. The topological polar surface area (TPSA) is 53.4 Å². The van der Waals surface area contributed by atoms with Crippen molar-refractivity contribution in [3.63, 3.8) is 0 Å². The van der Waals surface area contributed by atoms with Gasteiger partial charge in [-0.25, -0.2) is 0 Å². The van der Waals surface area contributed by atoms with Crippen molar-refractivity contribution in [1.29, 1.82) is 0 Å². The first kappa shape index (κ1) is 15.4. The van der Waals surface area contributed by atoms with Gasteiger partial charge in [0.15, 0.2) is 17.8 Å². The number of hydrogen-bond donors (Lipinski definition) is 0. The van der Waals surface area contributed by atoms with Crippen molar-refractivity contribution in [2.24, 2.45) is 0 Å². The Bertz CT molecular complexity index is 653. The molecule has 0 spiro atoms. The summed E-state index contributed by atoms with van der Waals surface area (Å²) < 4.78 is 12.9. The van der Waals surface area contributed by atoms with Crippen molar-refractivity contribution in [3.8, 4) is 11.5 Å². The molecule has 6 heteroatoms. The fraction of sp³-hybridized carbons (Fsp3) is 0.333. The average Bonchev–Trinajstić information content (AvgIpc) is 2.84. The summed E-state index contributed by atoms with van der Waals surface area (Å²) in [6.45, 7) is 4.99. The van der Waals surface area contributed by atoms with Crippen LogP contribution in [0.25, 0.3) is 0 Å². The fourth-order valence-electron chi connectivity index (χ4n) is 2.12. The lowest BCUT2D eigenvalue weighted by Gasteiger charge is -2.13. The molecule has 2 rings (SSSR count). The summed E-state index contributed by atoms with van der Waals surface area (Å²) >= 11 is 5.94. The normalized spacial score (nSPS) is 10.5. The molecule has 0 atom stereocenters. The fourth-order valence-corrected chi connectivity index (χ4v) is 2.33. The van der Waals surface area contributed by atoms with Gasteiger partial charge < -0.3 is 9.47 Å². The monoisotopic (exact) mass is 308 g/mol. The molecule has 0 fully saturated rings. The first-order chi connectivity index (χ1) is 10.1. The smallest absolute Gasteiger partial charge is 0.172 e. The van der Waals surface area contributed by atoms with Crippen LogP contribution < -0.4 is 9.47 Å². The Morgan fingerprint density at radius 3 is 2.76 bits per heavy atom. The second-order valence-electron chi connectivity index (χ2n) is 4.53. The standard InChI is InChI=1S/C15H17ClN2O3/c1-4-18-13(5-10(2)17-18)9-21-15-11(8-19)6-12(16)7-14(15)20-3/h5-8H,4,9H2,1-3H3. The summed E-state index contributed by atoms with van der Waals surface area (Å²) in [6.07, 6.45) is 0.700. The molecule has 0 radical (unpaired) electrons. The summed E-state index contributed by atoms with van der Waals surface area (Å²) in [5.74, 6) is 0.822. The van der Waals surface area contributed by atoms with Gasteiger partial charge in [0.25, 0.3) is 0 Å². The second-order valence-corrected chi connectivity index (χ2v) is 4.96. The number of carbonyl (C=O) groups is 1. The Labute approximate surface area is 128 Å². The number of benzene rings is 1. The van der Waals surface area contributed by atoms with E-state index in [0.717, 1.165) is 17.9 Å². The molecule has 1 aromatic carbocycles. The van der Waals surface area contributed by atoms with Gasteiger partial charge in [-0.15, -0.1) is 0 Å². The van der Waals surface area contributed by atoms with Gasteiger partial charge in [-0.3, -0.25) is 9.48 Å². The van der Waals surface area contributed by atoms with E-state index in [2.05, 4.69) is 5.10 Å². The molecule has 0 amide bonds. The Kier molecular flexibility index (Phi) is 4.85. The largest absolute Gasteiger partial charge is 0.493 e. The minimum atomic E-state index is 0.299. The number of aldehydes is 1. The summed E-state index contributed by atoms with van der Waals surface area (Å²) in [4.78, 5) is 11.2. The van der Waals surface area contributed by atoms with E-state index in [1.165, 1.54) is 7.11 Å². The number of aryl methyl sites for hydroxylation is 2. The molecule has 1 aromatic heterocycles. The molecule has 5 nitrogen and oxygen atoms in total. The SMILES string of the molecule is CCn1nc(C)cc1COc1c(C=O)cc(Cl)cc1OC. The molecular weight excluding hydrogens is 292 g/mol. The van der Waals surface area contributed by atoms with Gasteiger partial charge in [-0.2, -0.15) is 5.10 Å². The maximum atomic E-state index is 11.2. The number of methoxy groups -OCH3 is 1. The lowest BCUT2D eigenvalue weighted by Crippen LogP contribution is -2.07. The van der Waals surface area contributed by atoms with E-state index >= 15 is 0 Å². The Morgan fingerprint density at radius 2 is 2.14 bits per heavy atom. The molecule has 0 bridgehead atoms. The zero-order valence-corrected chi connectivity index (χ0v) is 13.0. The zero-order valence-electron chi connectivity index (χ0n) is 12.2. The first-order valence-corrected chi connectivity index (χ1v) is 6.95. The van der Waals surface area contributed by atoms with Crippen LogP contribution in [0.2, 0.25) is 5.02 Å². The molecule has 0 aliphatic heterocycles. The quantitative estimate of drug-likeness (QED) is 0.769. The third-order valence-electron chi connectivity index (χ3n) is 3.04. The van der Waals surface area contributed by atoms with Crippen LogP contribution in [-0.4, -0.2) is 23.2 Å². The lowest BCUT2D eigenvalue weighted by atomic mass is 10.2. The highest BCUT2D eigenvalue weighted by Crippen LogP contribution is 2.34. The molecule has 0 aliphatic rings. The zero-order chi connectivity index (χ0) is 15.4. The van der Waals surface area contributed by atoms with Crippen LogP contribution >= 0.6 is 11.6 Å². The molecule has 0 saturated carbocycles. The highest BCUT2D eigenvalue weighted by molar-refractivity contribution is 6.31. The highest BCUT2D eigenvalue weighted by atomic mass is 35.5. The van der Waals surface area contributed by atoms with Gasteiger partial charge >= 0.3 is 0 Å². The number of carbonyl (C=O) groups excluding carboxylic acids is 1. The average molecular weight is 309 g/mol. The van der Waals surface area contributed by atoms with E-state index in [4.69, 9.17) is 21.1 Å². The van der Waals surface area contributed by atoms with Crippen LogP contribution in [-0.2, 0) is 13.2 Å². The van der Waals surface area contributed by atoms with Gasteiger partial charge in [0.2, 0.25) is 0 Å². The van der Waals surface area contributed by atoms with E-state index in [-0.39, 0.29) is 0 Å². The minimum Gasteiger partial charge on any atom is -0.493 e. The lowest BCUT2D eigenvalue weighted by molar-refractivity contribution is 0.111. The molecule has 112 valence electrons. The van der Waals surface area contributed by atoms with Gasteiger partial charge in [0, 0.05) is 17.6 Å². The van der Waals surface area contributed by atoms with E-state index in [0.29, 0.717) is 35.0 Å². The molecule has 0 unspecified atom stereocenters. The molecule has 0 saturated heterocycles. The first-order valence-electron chi connectivity index (χ1n) is 6.57. The van der Waals surface area contributed by atoms with Gasteiger partial charge in [-0.05, 0) is 26.0 Å². The van der Waals surface area contributed by atoms with Crippen LogP contribution in [0.3, 0.4) is 0 Å². The number of rotatable bonds is 6. The highest BCUT2D eigenvalue weighted by Gasteiger charge is 2.14.